The van der Waals surface area contributed by atoms with Crippen LogP contribution in [0.1, 0.15) is 19.8 Å². The lowest BCUT2D eigenvalue weighted by Crippen LogP contribution is -2.42. The van der Waals surface area contributed by atoms with E-state index < -0.39 is 0 Å². The Labute approximate surface area is 168 Å². The summed E-state index contributed by atoms with van der Waals surface area (Å²) in [6.07, 6.45) is 1.35. The molecule has 6 heteroatoms. The maximum atomic E-state index is 13.0. The molecule has 2 aromatic heterocycles. The van der Waals surface area contributed by atoms with E-state index in [-0.39, 0.29) is 17.8 Å². The molecule has 0 atom stereocenters. The number of carbonyl (C=O) groups is 2. The van der Waals surface area contributed by atoms with Crippen molar-refractivity contribution in [1.82, 2.24) is 9.47 Å². The van der Waals surface area contributed by atoms with E-state index in [1.165, 1.54) is 0 Å². The van der Waals surface area contributed by atoms with E-state index in [4.69, 9.17) is 4.74 Å². The summed E-state index contributed by atoms with van der Waals surface area (Å²) in [7, 11) is 0. The zero-order valence-electron chi connectivity index (χ0n) is 16.0. The van der Waals surface area contributed by atoms with Gasteiger partial charge in [0, 0.05) is 24.0 Å². The third-order valence-electron chi connectivity index (χ3n) is 5.35. The van der Waals surface area contributed by atoms with E-state index in [2.05, 4.69) is 34.2 Å². The van der Waals surface area contributed by atoms with Crippen LogP contribution >= 0.6 is 11.3 Å². The van der Waals surface area contributed by atoms with Crippen molar-refractivity contribution in [3.63, 3.8) is 0 Å². The van der Waals surface area contributed by atoms with E-state index in [9.17, 15) is 9.59 Å². The van der Waals surface area contributed by atoms with Gasteiger partial charge in [-0.2, -0.15) is 0 Å². The summed E-state index contributed by atoms with van der Waals surface area (Å²) in [4.78, 5) is 28.0. The molecule has 3 heterocycles. The summed E-state index contributed by atoms with van der Waals surface area (Å²) < 4.78 is 7.23. The second kappa shape index (κ2) is 8.19. The lowest BCUT2D eigenvalue weighted by Gasteiger charge is -2.31. The Hall–Kier alpha value is -2.60. The van der Waals surface area contributed by atoms with Gasteiger partial charge < -0.3 is 14.2 Å². The Morgan fingerprint density at radius 1 is 1.14 bits per heavy atom. The molecule has 5 nitrogen and oxygen atoms in total. The highest BCUT2D eigenvalue weighted by Crippen LogP contribution is 2.31. The van der Waals surface area contributed by atoms with E-state index in [1.807, 2.05) is 30.0 Å². The number of hydrogen-bond acceptors (Lipinski definition) is 4. The first kappa shape index (κ1) is 18.7. The molecule has 1 aromatic carbocycles. The van der Waals surface area contributed by atoms with Crippen LogP contribution in [-0.2, 0) is 20.9 Å². The fraction of sp³-hybridized carbons (Fsp3) is 0.364. The quantitative estimate of drug-likeness (QED) is 0.608. The molecule has 0 N–H and O–H groups in total. The number of carbonyl (C=O) groups excluding carboxylic acids is 2. The first-order valence-electron chi connectivity index (χ1n) is 9.74. The minimum atomic E-state index is -0.133. The van der Waals surface area contributed by atoms with Crippen LogP contribution in [0.5, 0.6) is 0 Å². The van der Waals surface area contributed by atoms with Gasteiger partial charge in [-0.25, -0.2) is 0 Å². The number of fused-ring (bicyclic) bond motifs is 1. The fourth-order valence-corrected chi connectivity index (χ4v) is 4.62. The number of likely N-dealkylation sites (tertiary alicyclic amines) is 1. The molecule has 4 rings (SSSR count). The molecule has 1 fully saturated rings. The molecular formula is C22H24N2O3S. The van der Waals surface area contributed by atoms with Crippen molar-refractivity contribution in [3.8, 4) is 10.6 Å². The van der Waals surface area contributed by atoms with Crippen molar-refractivity contribution >= 4 is 34.1 Å². The lowest BCUT2D eigenvalue weighted by molar-refractivity contribution is -0.151. The molecular weight excluding hydrogens is 372 g/mol. The van der Waals surface area contributed by atoms with Crippen LogP contribution in [-0.4, -0.2) is 41.0 Å². The smallest absolute Gasteiger partial charge is 0.309 e. The summed E-state index contributed by atoms with van der Waals surface area (Å²) in [5.41, 5.74) is 2.15. The van der Waals surface area contributed by atoms with E-state index in [1.54, 1.807) is 11.3 Å². The predicted molar refractivity (Wildman–Crippen MR) is 111 cm³/mol. The van der Waals surface area contributed by atoms with Crippen LogP contribution in [0.25, 0.3) is 21.5 Å². The SMILES string of the molecule is CCOC(=O)C1CCN(C(=O)Cn2c(-c3cccs3)cc3ccccc32)CC1. The molecule has 1 saturated heterocycles. The predicted octanol–water partition coefficient (Wildman–Crippen LogP) is 4.17. The van der Waals surface area contributed by atoms with Gasteiger partial charge in [-0.1, -0.05) is 24.3 Å². The van der Waals surface area contributed by atoms with Crippen molar-refractivity contribution in [2.75, 3.05) is 19.7 Å². The minimum Gasteiger partial charge on any atom is -0.466 e. The Morgan fingerprint density at radius 2 is 1.93 bits per heavy atom. The maximum Gasteiger partial charge on any atom is 0.309 e. The van der Waals surface area contributed by atoms with Crippen LogP contribution in [0.3, 0.4) is 0 Å². The fourth-order valence-electron chi connectivity index (χ4n) is 3.87. The summed E-state index contributed by atoms with van der Waals surface area (Å²) >= 11 is 1.68. The van der Waals surface area contributed by atoms with Gasteiger partial charge in [0.15, 0.2) is 0 Å². The molecule has 0 radical (unpaired) electrons. The number of aromatic nitrogens is 1. The lowest BCUT2D eigenvalue weighted by atomic mass is 9.97. The number of benzene rings is 1. The number of rotatable bonds is 5. The average Bonchev–Trinajstić information content (AvgIpc) is 3.36. The number of amides is 1. The molecule has 0 unspecified atom stereocenters. The number of thiophene rings is 1. The zero-order chi connectivity index (χ0) is 19.5. The summed E-state index contributed by atoms with van der Waals surface area (Å²) in [6.45, 7) is 3.75. The molecule has 0 bridgehead atoms. The number of esters is 1. The van der Waals surface area contributed by atoms with Crippen molar-refractivity contribution in [2.45, 2.75) is 26.3 Å². The number of nitrogens with zero attached hydrogens (tertiary/aromatic N) is 2. The molecule has 28 heavy (non-hydrogen) atoms. The van der Waals surface area contributed by atoms with E-state index in [0.29, 0.717) is 39.1 Å². The molecule has 0 saturated carbocycles. The zero-order valence-corrected chi connectivity index (χ0v) is 16.8. The highest BCUT2D eigenvalue weighted by Gasteiger charge is 2.28. The normalized spacial score (nSPS) is 15.1. The first-order chi connectivity index (χ1) is 13.7. The summed E-state index contributed by atoms with van der Waals surface area (Å²) in [5, 5.41) is 3.19. The molecule has 3 aromatic rings. The van der Waals surface area contributed by atoms with Crippen LogP contribution in [0.4, 0.5) is 0 Å². The second-order valence-corrected chi connectivity index (χ2v) is 8.01. The molecule has 0 aliphatic carbocycles. The Balaban J connectivity index is 1.52. The Kier molecular flexibility index (Phi) is 5.48. The Morgan fingerprint density at radius 3 is 2.64 bits per heavy atom. The molecule has 1 aliphatic heterocycles. The first-order valence-corrected chi connectivity index (χ1v) is 10.6. The van der Waals surface area contributed by atoms with E-state index >= 15 is 0 Å². The van der Waals surface area contributed by atoms with Gasteiger partial charge in [0.25, 0.3) is 0 Å². The number of para-hydroxylation sites is 1. The van der Waals surface area contributed by atoms with Crippen molar-refractivity contribution in [3.05, 3.63) is 47.8 Å². The minimum absolute atomic E-state index is 0.0851. The largest absolute Gasteiger partial charge is 0.466 e. The van der Waals surface area contributed by atoms with Crippen LogP contribution in [0, 0.1) is 5.92 Å². The summed E-state index contributed by atoms with van der Waals surface area (Å²) in [5.74, 6) is -0.120. The third kappa shape index (κ3) is 3.69. The van der Waals surface area contributed by atoms with Crippen LogP contribution in [0.15, 0.2) is 47.8 Å². The number of hydrogen-bond donors (Lipinski definition) is 0. The van der Waals surface area contributed by atoms with Crippen LogP contribution < -0.4 is 0 Å². The third-order valence-corrected chi connectivity index (χ3v) is 6.24. The Bertz CT molecular complexity index is 969. The van der Waals surface area contributed by atoms with Gasteiger partial charge in [0.2, 0.25) is 5.91 Å². The van der Waals surface area contributed by atoms with E-state index in [0.717, 1.165) is 21.5 Å². The maximum absolute atomic E-state index is 13.0. The van der Waals surface area contributed by atoms with Crippen molar-refractivity contribution < 1.29 is 14.3 Å². The number of piperidine rings is 1. The molecule has 0 spiro atoms. The number of ether oxygens (including phenoxy) is 1. The van der Waals surface area contributed by atoms with Crippen molar-refractivity contribution in [1.29, 1.82) is 0 Å². The topological polar surface area (TPSA) is 51.5 Å². The summed E-state index contributed by atoms with van der Waals surface area (Å²) in [6, 6.07) is 14.4. The van der Waals surface area contributed by atoms with Gasteiger partial charge in [-0.3, -0.25) is 9.59 Å². The monoisotopic (exact) mass is 396 g/mol. The van der Waals surface area contributed by atoms with Gasteiger partial charge in [-0.15, -0.1) is 11.3 Å². The standard InChI is InChI=1S/C22H24N2O3S/c1-2-27-22(26)16-9-11-23(12-10-16)21(25)15-24-18-7-4-3-6-17(18)14-19(24)20-8-5-13-28-20/h3-8,13-14,16H,2,9-12,15H2,1H3. The van der Waals surface area contributed by atoms with Crippen LogP contribution in [0.2, 0.25) is 0 Å². The molecule has 146 valence electrons. The molecule has 1 aliphatic rings. The molecule has 1 amide bonds. The van der Waals surface area contributed by atoms with Gasteiger partial charge in [0.05, 0.1) is 23.1 Å². The highest BCUT2D eigenvalue weighted by molar-refractivity contribution is 7.13. The average molecular weight is 397 g/mol. The van der Waals surface area contributed by atoms with Gasteiger partial charge in [0.1, 0.15) is 6.54 Å². The highest BCUT2D eigenvalue weighted by atomic mass is 32.1. The van der Waals surface area contributed by atoms with Crippen molar-refractivity contribution in [2.24, 2.45) is 5.92 Å². The second-order valence-electron chi connectivity index (χ2n) is 7.06. The van der Waals surface area contributed by atoms with Gasteiger partial charge in [-0.05, 0) is 43.3 Å². The van der Waals surface area contributed by atoms with Gasteiger partial charge >= 0.3 is 5.97 Å².